The number of hydrogen-bond donors (Lipinski definition) is 0. The molecule has 0 aromatic carbocycles. The zero-order chi connectivity index (χ0) is 11.9. The third kappa shape index (κ3) is 1.88. The molecule has 0 spiro atoms. The van der Waals surface area contributed by atoms with Crippen LogP contribution in [0.5, 0.6) is 0 Å². The molecule has 0 heterocycles. The summed E-state index contributed by atoms with van der Waals surface area (Å²) < 4.78 is 0. The zero-order valence-corrected chi connectivity index (χ0v) is 10.8. The summed E-state index contributed by atoms with van der Waals surface area (Å²) in [6, 6.07) is 0. The van der Waals surface area contributed by atoms with Crippen molar-refractivity contribution in [2.24, 2.45) is 17.3 Å². The van der Waals surface area contributed by atoms with Gasteiger partial charge >= 0.3 is 0 Å². The second-order valence-electron chi connectivity index (χ2n) is 6.04. The smallest absolute Gasteiger partial charge is 0.159 e. The SMILES string of the molecule is CC(C)=CCCC(=O)C1=CCC2C1C2(C)C. The van der Waals surface area contributed by atoms with Crippen LogP contribution in [0.1, 0.15) is 47.0 Å². The van der Waals surface area contributed by atoms with Gasteiger partial charge in [0.05, 0.1) is 0 Å². The first-order valence-electron chi connectivity index (χ1n) is 6.31. The van der Waals surface area contributed by atoms with E-state index in [0.717, 1.165) is 24.3 Å². The maximum atomic E-state index is 12.1. The molecule has 0 radical (unpaired) electrons. The fraction of sp³-hybridized carbons (Fsp3) is 0.667. The molecule has 16 heavy (non-hydrogen) atoms. The Hall–Kier alpha value is -0.850. The van der Waals surface area contributed by atoms with Gasteiger partial charge < -0.3 is 0 Å². The summed E-state index contributed by atoms with van der Waals surface area (Å²) in [6.07, 6.45) is 7.06. The van der Waals surface area contributed by atoms with Gasteiger partial charge in [-0.2, -0.15) is 0 Å². The largest absolute Gasteiger partial charge is 0.295 e. The van der Waals surface area contributed by atoms with Gasteiger partial charge in [0.2, 0.25) is 0 Å². The van der Waals surface area contributed by atoms with Crippen LogP contribution in [0.15, 0.2) is 23.3 Å². The molecular weight excluding hydrogens is 196 g/mol. The second kappa shape index (κ2) is 3.87. The van der Waals surface area contributed by atoms with Crippen LogP contribution in [0.25, 0.3) is 0 Å². The van der Waals surface area contributed by atoms with Crippen molar-refractivity contribution in [2.45, 2.75) is 47.0 Å². The molecular formula is C15H22O. The number of fused-ring (bicyclic) bond motifs is 1. The van der Waals surface area contributed by atoms with E-state index in [1.807, 2.05) is 0 Å². The van der Waals surface area contributed by atoms with Gasteiger partial charge in [-0.1, -0.05) is 31.6 Å². The summed E-state index contributed by atoms with van der Waals surface area (Å²) in [7, 11) is 0. The molecule has 2 atom stereocenters. The zero-order valence-electron chi connectivity index (χ0n) is 10.8. The fourth-order valence-corrected chi connectivity index (χ4v) is 3.11. The van der Waals surface area contributed by atoms with Gasteiger partial charge in [-0.25, -0.2) is 0 Å². The van der Waals surface area contributed by atoms with Gasteiger partial charge in [0.1, 0.15) is 0 Å². The Labute approximate surface area is 98.6 Å². The van der Waals surface area contributed by atoms with Crippen molar-refractivity contribution >= 4 is 5.78 Å². The van der Waals surface area contributed by atoms with Crippen LogP contribution in [0.3, 0.4) is 0 Å². The first-order valence-corrected chi connectivity index (χ1v) is 6.31. The van der Waals surface area contributed by atoms with Gasteiger partial charge in [-0.05, 0) is 49.5 Å². The lowest BCUT2D eigenvalue weighted by molar-refractivity contribution is -0.115. The third-order valence-electron chi connectivity index (χ3n) is 4.22. The molecule has 0 N–H and O–H groups in total. The molecule has 1 fully saturated rings. The predicted molar refractivity (Wildman–Crippen MR) is 67.1 cm³/mol. The summed E-state index contributed by atoms with van der Waals surface area (Å²) in [5.74, 6) is 1.72. The van der Waals surface area contributed by atoms with Crippen molar-refractivity contribution in [1.82, 2.24) is 0 Å². The average molecular weight is 218 g/mol. The molecule has 2 unspecified atom stereocenters. The molecule has 0 aromatic rings. The molecule has 0 saturated heterocycles. The summed E-state index contributed by atoms with van der Waals surface area (Å²) >= 11 is 0. The van der Waals surface area contributed by atoms with Crippen molar-refractivity contribution in [3.63, 3.8) is 0 Å². The molecule has 1 heteroatoms. The lowest BCUT2D eigenvalue weighted by Crippen LogP contribution is -2.07. The Balaban J connectivity index is 1.90. The van der Waals surface area contributed by atoms with Crippen molar-refractivity contribution in [3.05, 3.63) is 23.3 Å². The Morgan fingerprint density at radius 3 is 2.69 bits per heavy atom. The van der Waals surface area contributed by atoms with Gasteiger partial charge in [-0.3, -0.25) is 4.79 Å². The molecule has 1 saturated carbocycles. The fourth-order valence-electron chi connectivity index (χ4n) is 3.11. The molecule has 0 aromatic heterocycles. The van der Waals surface area contributed by atoms with E-state index in [2.05, 4.69) is 39.8 Å². The Bertz CT molecular complexity index is 367. The molecule has 88 valence electrons. The van der Waals surface area contributed by atoms with Gasteiger partial charge in [-0.15, -0.1) is 0 Å². The van der Waals surface area contributed by atoms with E-state index in [-0.39, 0.29) is 0 Å². The number of Topliss-reactive ketones (excluding diaryl/α,β-unsaturated/α-hetero) is 1. The number of carbonyl (C=O) groups excluding carboxylic acids is 1. The minimum Gasteiger partial charge on any atom is -0.295 e. The highest BCUT2D eigenvalue weighted by Crippen LogP contribution is 2.66. The summed E-state index contributed by atoms with van der Waals surface area (Å²) in [5, 5.41) is 0. The van der Waals surface area contributed by atoms with Crippen LogP contribution in [0.2, 0.25) is 0 Å². The Morgan fingerprint density at radius 1 is 1.50 bits per heavy atom. The molecule has 0 aliphatic heterocycles. The van der Waals surface area contributed by atoms with Crippen LogP contribution in [0.4, 0.5) is 0 Å². The number of rotatable bonds is 4. The minimum absolute atomic E-state index is 0.385. The highest BCUT2D eigenvalue weighted by molar-refractivity contribution is 5.97. The maximum absolute atomic E-state index is 12.1. The van der Waals surface area contributed by atoms with Crippen LogP contribution < -0.4 is 0 Å². The first kappa shape index (κ1) is 11.6. The van der Waals surface area contributed by atoms with Crippen LogP contribution in [0, 0.1) is 17.3 Å². The van der Waals surface area contributed by atoms with E-state index in [9.17, 15) is 4.79 Å². The molecule has 2 aliphatic carbocycles. The summed E-state index contributed by atoms with van der Waals surface area (Å²) in [6.45, 7) is 8.75. The third-order valence-corrected chi connectivity index (χ3v) is 4.22. The Kier molecular flexibility index (Phi) is 2.81. The standard InChI is InChI=1S/C15H22O/c1-10(2)6-5-7-13(16)11-8-9-12-14(11)15(12,3)4/h6,8,12,14H,5,7,9H2,1-4H3. The van der Waals surface area contributed by atoms with E-state index >= 15 is 0 Å². The normalized spacial score (nSPS) is 29.4. The number of allylic oxidation sites excluding steroid dienone is 4. The summed E-state index contributed by atoms with van der Waals surface area (Å²) in [5.41, 5.74) is 2.84. The minimum atomic E-state index is 0.385. The van der Waals surface area contributed by atoms with Crippen molar-refractivity contribution < 1.29 is 4.79 Å². The molecule has 1 nitrogen and oxygen atoms in total. The molecule has 2 aliphatic rings. The number of hydrogen-bond acceptors (Lipinski definition) is 1. The van der Waals surface area contributed by atoms with Crippen LogP contribution >= 0.6 is 0 Å². The van der Waals surface area contributed by atoms with Crippen molar-refractivity contribution in [2.75, 3.05) is 0 Å². The van der Waals surface area contributed by atoms with E-state index in [1.54, 1.807) is 0 Å². The highest BCUT2D eigenvalue weighted by atomic mass is 16.1. The molecule has 0 bridgehead atoms. The Morgan fingerprint density at radius 2 is 2.19 bits per heavy atom. The van der Waals surface area contributed by atoms with Crippen molar-refractivity contribution in [3.8, 4) is 0 Å². The summed E-state index contributed by atoms with van der Waals surface area (Å²) in [4.78, 5) is 12.1. The van der Waals surface area contributed by atoms with Gasteiger partial charge in [0.25, 0.3) is 0 Å². The highest BCUT2D eigenvalue weighted by Gasteiger charge is 2.61. The lowest BCUT2D eigenvalue weighted by atomic mass is 9.96. The van der Waals surface area contributed by atoms with Crippen LogP contribution in [-0.2, 0) is 4.79 Å². The second-order valence-corrected chi connectivity index (χ2v) is 6.04. The lowest BCUT2D eigenvalue weighted by Gasteiger charge is -2.08. The first-order chi connectivity index (χ1) is 7.44. The van der Waals surface area contributed by atoms with Crippen LogP contribution in [-0.4, -0.2) is 5.78 Å². The number of carbonyl (C=O) groups is 1. The van der Waals surface area contributed by atoms with Gasteiger partial charge in [0, 0.05) is 6.42 Å². The predicted octanol–water partition coefficient (Wildman–Crippen LogP) is 3.90. The monoisotopic (exact) mass is 218 g/mol. The van der Waals surface area contributed by atoms with Crippen molar-refractivity contribution in [1.29, 1.82) is 0 Å². The topological polar surface area (TPSA) is 17.1 Å². The molecule has 0 amide bonds. The number of ketones is 1. The van der Waals surface area contributed by atoms with E-state index in [0.29, 0.717) is 23.5 Å². The van der Waals surface area contributed by atoms with Gasteiger partial charge in [0.15, 0.2) is 5.78 Å². The maximum Gasteiger partial charge on any atom is 0.159 e. The quantitative estimate of drug-likeness (QED) is 0.654. The van der Waals surface area contributed by atoms with E-state index < -0.39 is 0 Å². The van der Waals surface area contributed by atoms with E-state index in [1.165, 1.54) is 5.57 Å². The van der Waals surface area contributed by atoms with E-state index in [4.69, 9.17) is 0 Å². The average Bonchev–Trinajstić information content (AvgIpc) is 2.62. The molecule has 2 rings (SSSR count).